The largest absolute Gasteiger partial charge is 0.226 e. The first-order valence-corrected chi connectivity index (χ1v) is 6.92. The number of hydrogen-bond donors (Lipinski definition) is 0. The van der Waals surface area contributed by atoms with Crippen LogP contribution in [0.25, 0.3) is 16.9 Å². The molecule has 0 fully saturated rings. The fraction of sp³-hybridized carbons (Fsp3) is 0.0625. The van der Waals surface area contributed by atoms with Crippen LogP contribution in [-0.2, 0) is 0 Å². The van der Waals surface area contributed by atoms with Crippen molar-refractivity contribution < 1.29 is 0 Å². The molecule has 2 nitrogen and oxygen atoms in total. The zero-order valence-electron chi connectivity index (χ0n) is 10.5. The van der Waals surface area contributed by atoms with E-state index in [1.807, 2.05) is 41.1 Å². The summed E-state index contributed by atoms with van der Waals surface area (Å²) in [6.07, 6.45) is 0. The molecular formula is C16H13BrN2. The summed E-state index contributed by atoms with van der Waals surface area (Å²) in [5, 5.41) is 4.68. The van der Waals surface area contributed by atoms with Crippen molar-refractivity contribution in [1.82, 2.24) is 9.78 Å². The van der Waals surface area contributed by atoms with Gasteiger partial charge in [0.1, 0.15) is 4.60 Å². The summed E-state index contributed by atoms with van der Waals surface area (Å²) in [4.78, 5) is 0. The van der Waals surface area contributed by atoms with Crippen LogP contribution in [0.1, 0.15) is 5.56 Å². The molecule has 0 aliphatic heterocycles. The molecule has 1 heterocycles. The van der Waals surface area contributed by atoms with Gasteiger partial charge in [-0.1, -0.05) is 48.5 Å². The monoisotopic (exact) mass is 312 g/mol. The van der Waals surface area contributed by atoms with Gasteiger partial charge in [0.15, 0.2) is 0 Å². The molecular weight excluding hydrogens is 300 g/mol. The lowest BCUT2D eigenvalue weighted by Crippen LogP contribution is -1.99. The quantitative estimate of drug-likeness (QED) is 0.675. The van der Waals surface area contributed by atoms with Crippen molar-refractivity contribution in [1.29, 1.82) is 0 Å². The molecule has 0 unspecified atom stereocenters. The van der Waals surface area contributed by atoms with E-state index in [0.717, 1.165) is 21.5 Å². The van der Waals surface area contributed by atoms with Gasteiger partial charge in [-0.2, -0.15) is 5.10 Å². The van der Waals surface area contributed by atoms with Gasteiger partial charge in [-0.25, -0.2) is 4.68 Å². The predicted octanol–water partition coefficient (Wildman–Crippen LogP) is 4.61. The minimum Gasteiger partial charge on any atom is -0.226 e. The first-order chi connectivity index (χ1) is 9.25. The molecule has 19 heavy (non-hydrogen) atoms. The Morgan fingerprint density at radius 2 is 1.63 bits per heavy atom. The third-order valence-electron chi connectivity index (χ3n) is 3.08. The van der Waals surface area contributed by atoms with Crippen molar-refractivity contribution in [3.8, 4) is 16.9 Å². The Bertz CT molecular complexity index is 702. The second kappa shape index (κ2) is 5.02. The predicted molar refractivity (Wildman–Crippen MR) is 81.4 cm³/mol. The molecule has 0 saturated carbocycles. The molecule has 3 rings (SSSR count). The fourth-order valence-corrected chi connectivity index (χ4v) is 2.57. The Morgan fingerprint density at radius 1 is 0.947 bits per heavy atom. The number of halogens is 1. The lowest BCUT2D eigenvalue weighted by molar-refractivity contribution is 0.857. The van der Waals surface area contributed by atoms with E-state index in [4.69, 9.17) is 0 Å². The van der Waals surface area contributed by atoms with Crippen LogP contribution in [0.3, 0.4) is 0 Å². The van der Waals surface area contributed by atoms with E-state index in [1.54, 1.807) is 0 Å². The normalized spacial score (nSPS) is 10.6. The number of aryl methyl sites for hydroxylation is 1. The lowest BCUT2D eigenvalue weighted by Gasteiger charge is -2.06. The Hall–Kier alpha value is -1.87. The number of rotatable bonds is 2. The summed E-state index contributed by atoms with van der Waals surface area (Å²) < 4.78 is 2.89. The summed E-state index contributed by atoms with van der Waals surface area (Å²) in [5.74, 6) is 0. The van der Waals surface area contributed by atoms with E-state index in [-0.39, 0.29) is 0 Å². The molecule has 3 heteroatoms. The molecule has 0 aliphatic rings. The van der Waals surface area contributed by atoms with Crippen LogP contribution in [-0.4, -0.2) is 9.78 Å². The average Bonchev–Trinajstić information content (AvgIpc) is 2.82. The number of para-hydroxylation sites is 1. The fourth-order valence-electron chi connectivity index (χ4n) is 2.08. The zero-order chi connectivity index (χ0) is 13.2. The highest BCUT2D eigenvalue weighted by molar-refractivity contribution is 9.10. The van der Waals surface area contributed by atoms with Crippen LogP contribution in [0.4, 0.5) is 0 Å². The molecule has 0 amide bonds. The topological polar surface area (TPSA) is 17.8 Å². The van der Waals surface area contributed by atoms with E-state index < -0.39 is 0 Å². The smallest absolute Gasteiger partial charge is 0.110 e. The molecule has 0 saturated heterocycles. The van der Waals surface area contributed by atoms with Crippen LogP contribution in [0.15, 0.2) is 65.3 Å². The van der Waals surface area contributed by atoms with Crippen LogP contribution >= 0.6 is 15.9 Å². The van der Waals surface area contributed by atoms with Crippen molar-refractivity contribution in [2.24, 2.45) is 0 Å². The van der Waals surface area contributed by atoms with Crippen LogP contribution in [0.2, 0.25) is 0 Å². The first-order valence-electron chi connectivity index (χ1n) is 6.13. The Kier molecular flexibility index (Phi) is 3.22. The molecule has 0 spiro atoms. The van der Waals surface area contributed by atoms with E-state index in [2.05, 4.69) is 52.2 Å². The van der Waals surface area contributed by atoms with Gasteiger partial charge >= 0.3 is 0 Å². The Morgan fingerprint density at radius 3 is 2.37 bits per heavy atom. The van der Waals surface area contributed by atoms with Gasteiger partial charge in [0.25, 0.3) is 0 Å². The van der Waals surface area contributed by atoms with Crippen molar-refractivity contribution in [3.63, 3.8) is 0 Å². The van der Waals surface area contributed by atoms with E-state index in [1.165, 1.54) is 5.56 Å². The van der Waals surface area contributed by atoms with Gasteiger partial charge in [-0.05, 0) is 40.5 Å². The molecule has 0 aliphatic carbocycles. The number of nitrogens with zero attached hydrogens (tertiary/aromatic N) is 2. The summed E-state index contributed by atoms with van der Waals surface area (Å²) >= 11 is 3.59. The van der Waals surface area contributed by atoms with Crippen LogP contribution in [0, 0.1) is 6.92 Å². The van der Waals surface area contributed by atoms with Crippen LogP contribution in [0.5, 0.6) is 0 Å². The summed E-state index contributed by atoms with van der Waals surface area (Å²) in [7, 11) is 0. The zero-order valence-corrected chi connectivity index (χ0v) is 12.1. The number of aromatic nitrogens is 2. The maximum absolute atomic E-state index is 4.68. The van der Waals surface area contributed by atoms with E-state index in [9.17, 15) is 0 Å². The highest BCUT2D eigenvalue weighted by Crippen LogP contribution is 2.25. The molecule has 3 aromatic rings. The first kappa shape index (κ1) is 12.2. The summed E-state index contributed by atoms with van der Waals surface area (Å²) in [6.45, 7) is 2.09. The molecule has 1 aromatic heterocycles. The van der Waals surface area contributed by atoms with Gasteiger partial charge in [0, 0.05) is 5.56 Å². The molecule has 2 aromatic carbocycles. The molecule has 0 radical (unpaired) electrons. The SMILES string of the molecule is Cc1ccccc1-n1nc(-c2ccccc2)cc1Br. The third kappa shape index (κ3) is 2.34. The van der Waals surface area contributed by atoms with Crippen LogP contribution < -0.4 is 0 Å². The Balaban J connectivity index is 2.11. The molecule has 0 N–H and O–H groups in total. The van der Waals surface area contributed by atoms with E-state index >= 15 is 0 Å². The maximum atomic E-state index is 4.68. The van der Waals surface area contributed by atoms with Gasteiger partial charge in [-0.15, -0.1) is 0 Å². The second-order valence-corrected chi connectivity index (χ2v) is 5.23. The molecule has 94 valence electrons. The van der Waals surface area contributed by atoms with Crippen molar-refractivity contribution in [3.05, 3.63) is 70.8 Å². The standard InChI is InChI=1S/C16H13BrN2/c1-12-7-5-6-10-15(12)19-16(17)11-14(18-19)13-8-3-2-4-9-13/h2-11H,1H3. The highest BCUT2D eigenvalue weighted by atomic mass is 79.9. The maximum Gasteiger partial charge on any atom is 0.110 e. The Labute approximate surface area is 120 Å². The summed E-state index contributed by atoms with van der Waals surface area (Å²) in [6, 6.07) is 20.5. The second-order valence-electron chi connectivity index (χ2n) is 4.42. The van der Waals surface area contributed by atoms with Gasteiger partial charge < -0.3 is 0 Å². The number of benzene rings is 2. The third-order valence-corrected chi connectivity index (χ3v) is 3.64. The lowest BCUT2D eigenvalue weighted by atomic mass is 10.2. The average molecular weight is 313 g/mol. The van der Waals surface area contributed by atoms with Gasteiger partial charge in [0.05, 0.1) is 11.4 Å². The minimum atomic E-state index is 0.959. The van der Waals surface area contributed by atoms with Gasteiger partial charge in [-0.3, -0.25) is 0 Å². The van der Waals surface area contributed by atoms with Gasteiger partial charge in [0.2, 0.25) is 0 Å². The number of hydrogen-bond acceptors (Lipinski definition) is 1. The van der Waals surface area contributed by atoms with E-state index in [0.29, 0.717) is 0 Å². The van der Waals surface area contributed by atoms with Crippen molar-refractivity contribution in [2.75, 3.05) is 0 Å². The molecule has 0 bridgehead atoms. The van der Waals surface area contributed by atoms with Crippen molar-refractivity contribution in [2.45, 2.75) is 6.92 Å². The minimum absolute atomic E-state index is 0.959. The molecule has 0 atom stereocenters. The van der Waals surface area contributed by atoms with Crippen molar-refractivity contribution >= 4 is 15.9 Å². The summed E-state index contributed by atoms with van der Waals surface area (Å²) in [5.41, 5.74) is 4.38. The highest BCUT2D eigenvalue weighted by Gasteiger charge is 2.10.